The van der Waals surface area contributed by atoms with E-state index < -0.39 is 0 Å². The maximum atomic E-state index is 12.1. The van der Waals surface area contributed by atoms with Gasteiger partial charge in [-0.05, 0) is 49.1 Å². The molecule has 0 radical (unpaired) electrons. The largest absolute Gasteiger partial charge is 0.346 e. The zero-order valence-electron chi connectivity index (χ0n) is 13.6. The number of hydrogen-bond donors (Lipinski definition) is 2. The number of benzene rings is 1. The number of rotatable bonds is 8. The van der Waals surface area contributed by atoms with Crippen molar-refractivity contribution in [2.45, 2.75) is 57.4 Å². The summed E-state index contributed by atoms with van der Waals surface area (Å²) in [5, 5.41) is 9.67. The highest BCUT2D eigenvalue weighted by molar-refractivity contribution is 5.76. The number of aromatic amines is 1. The molecule has 122 valence electrons. The van der Waals surface area contributed by atoms with Gasteiger partial charge in [-0.15, -0.1) is 0 Å². The van der Waals surface area contributed by atoms with Gasteiger partial charge in [0.15, 0.2) is 0 Å². The second-order valence-electron chi connectivity index (χ2n) is 6.27. The Morgan fingerprint density at radius 1 is 1.35 bits per heavy atom. The lowest BCUT2D eigenvalue weighted by Crippen LogP contribution is -2.28. The van der Waals surface area contributed by atoms with E-state index in [0.717, 1.165) is 31.0 Å². The zero-order chi connectivity index (χ0) is 16.1. The summed E-state index contributed by atoms with van der Waals surface area (Å²) in [7, 11) is 0. The van der Waals surface area contributed by atoms with Crippen molar-refractivity contribution < 1.29 is 4.79 Å². The summed E-state index contributed by atoms with van der Waals surface area (Å²) >= 11 is 0. The molecule has 0 aliphatic heterocycles. The maximum absolute atomic E-state index is 12.1. The molecule has 0 saturated heterocycles. The molecule has 5 nitrogen and oxygen atoms in total. The van der Waals surface area contributed by atoms with E-state index in [4.69, 9.17) is 0 Å². The van der Waals surface area contributed by atoms with Gasteiger partial charge in [0.05, 0.1) is 6.04 Å². The molecule has 23 heavy (non-hydrogen) atoms. The van der Waals surface area contributed by atoms with Gasteiger partial charge in [0.25, 0.3) is 0 Å². The van der Waals surface area contributed by atoms with Crippen LogP contribution in [0.15, 0.2) is 30.6 Å². The Balaban J connectivity index is 1.41. The molecular formula is C18H24N4O. The molecule has 1 aliphatic carbocycles. The van der Waals surface area contributed by atoms with Crippen molar-refractivity contribution in [3.8, 4) is 0 Å². The first-order chi connectivity index (χ1) is 11.3. The van der Waals surface area contributed by atoms with E-state index in [2.05, 4.69) is 44.8 Å². The first-order valence-electron chi connectivity index (χ1n) is 8.49. The zero-order valence-corrected chi connectivity index (χ0v) is 13.6. The van der Waals surface area contributed by atoms with Crippen LogP contribution in [-0.2, 0) is 11.2 Å². The number of nitrogens with zero attached hydrogens (tertiary/aromatic N) is 2. The minimum absolute atomic E-state index is 0.0721. The third kappa shape index (κ3) is 4.41. The Morgan fingerprint density at radius 3 is 2.74 bits per heavy atom. The number of aryl methyl sites for hydroxylation is 1. The van der Waals surface area contributed by atoms with Crippen LogP contribution >= 0.6 is 0 Å². The number of carbonyl (C=O) groups is 1. The lowest BCUT2D eigenvalue weighted by molar-refractivity contribution is -0.122. The van der Waals surface area contributed by atoms with Crippen LogP contribution in [-0.4, -0.2) is 21.1 Å². The van der Waals surface area contributed by atoms with Crippen LogP contribution in [0.1, 0.15) is 67.9 Å². The number of hydrogen-bond acceptors (Lipinski definition) is 3. The number of aromatic nitrogens is 3. The SMILES string of the molecule is CCC(NC(=O)CCCc1ccc(C2CC2)cc1)c1ncn[nH]1. The van der Waals surface area contributed by atoms with Crippen LogP contribution in [0.2, 0.25) is 0 Å². The minimum atomic E-state index is -0.0807. The number of carbonyl (C=O) groups excluding carboxylic acids is 1. The van der Waals surface area contributed by atoms with Crippen molar-refractivity contribution >= 4 is 5.91 Å². The van der Waals surface area contributed by atoms with Gasteiger partial charge in [-0.3, -0.25) is 9.89 Å². The van der Waals surface area contributed by atoms with E-state index in [1.165, 1.54) is 30.3 Å². The predicted octanol–water partition coefficient (Wildman–Crippen LogP) is 3.27. The topological polar surface area (TPSA) is 70.7 Å². The fourth-order valence-corrected chi connectivity index (χ4v) is 2.84. The lowest BCUT2D eigenvalue weighted by Gasteiger charge is -2.14. The third-order valence-corrected chi connectivity index (χ3v) is 4.40. The minimum Gasteiger partial charge on any atom is -0.346 e. The normalized spacial score (nSPS) is 15.3. The Bertz CT molecular complexity index is 617. The highest BCUT2D eigenvalue weighted by atomic mass is 16.1. The average molecular weight is 312 g/mol. The molecule has 1 amide bonds. The quantitative estimate of drug-likeness (QED) is 0.786. The Morgan fingerprint density at radius 2 is 2.13 bits per heavy atom. The number of nitrogens with one attached hydrogen (secondary N) is 2. The molecule has 2 aromatic rings. The maximum Gasteiger partial charge on any atom is 0.220 e. The van der Waals surface area contributed by atoms with Crippen LogP contribution < -0.4 is 5.32 Å². The fourth-order valence-electron chi connectivity index (χ4n) is 2.84. The molecule has 1 heterocycles. The van der Waals surface area contributed by atoms with Gasteiger partial charge in [-0.1, -0.05) is 31.2 Å². The van der Waals surface area contributed by atoms with Gasteiger partial charge >= 0.3 is 0 Å². The van der Waals surface area contributed by atoms with Crippen LogP contribution in [0.4, 0.5) is 0 Å². The molecule has 1 saturated carbocycles. The molecule has 3 rings (SSSR count). The van der Waals surface area contributed by atoms with Gasteiger partial charge in [0.2, 0.25) is 5.91 Å². The Kier molecular flexibility index (Phi) is 5.05. The Hall–Kier alpha value is -2.17. The van der Waals surface area contributed by atoms with Crippen molar-refractivity contribution in [3.05, 3.63) is 47.5 Å². The summed E-state index contributed by atoms with van der Waals surface area (Å²) in [6, 6.07) is 8.81. The molecule has 0 bridgehead atoms. The fraction of sp³-hybridized carbons (Fsp3) is 0.500. The van der Waals surface area contributed by atoms with Gasteiger partial charge in [0, 0.05) is 6.42 Å². The molecule has 5 heteroatoms. The first-order valence-corrected chi connectivity index (χ1v) is 8.49. The monoisotopic (exact) mass is 312 g/mol. The standard InChI is InChI=1S/C18H24N4O/c1-2-16(18-19-12-20-22-18)21-17(23)5-3-4-13-6-8-14(9-7-13)15-10-11-15/h6-9,12,15-16H,2-5,10-11H2,1H3,(H,21,23)(H,19,20,22). The summed E-state index contributed by atoms with van der Waals surface area (Å²) in [4.78, 5) is 16.2. The molecule has 1 aromatic heterocycles. The average Bonchev–Trinajstić information content (AvgIpc) is 3.28. The number of amides is 1. The molecule has 2 N–H and O–H groups in total. The van der Waals surface area contributed by atoms with Gasteiger partial charge in [-0.2, -0.15) is 5.10 Å². The second-order valence-corrected chi connectivity index (χ2v) is 6.27. The predicted molar refractivity (Wildman–Crippen MR) is 88.9 cm³/mol. The summed E-state index contributed by atoms with van der Waals surface area (Å²) in [6.07, 6.45) is 7.28. The smallest absolute Gasteiger partial charge is 0.220 e. The van der Waals surface area contributed by atoms with Gasteiger partial charge in [0.1, 0.15) is 12.2 Å². The third-order valence-electron chi connectivity index (χ3n) is 4.40. The summed E-state index contributed by atoms with van der Waals surface area (Å²) in [5.41, 5.74) is 2.77. The van der Waals surface area contributed by atoms with Crippen molar-refractivity contribution in [3.63, 3.8) is 0 Å². The highest BCUT2D eigenvalue weighted by Gasteiger charge is 2.22. The van der Waals surface area contributed by atoms with E-state index >= 15 is 0 Å². The van der Waals surface area contributed by atoms with E-state index in [-0.39, 0.29) is 11.9 Å². The molecule has 1 unspecified atom stereocenters. The van der Waals surface area contributed by atoms with Crippen molar-refractivity contribution in [1.82, 2.24) is 20.5 Å². The van der Waals surface area contributed by atoms with Crippen molar-refractivity contribution in [2.24, 2.45) is 0 Å². The second kappa shape index (κ2) is 7.40. The highest BCUT2D eigenvalue weighted by Crippen LogP contribution is 2.39. The van der Waals surface area contributed by atoms with E-state index in [1.54, 1.807) is 0 Å². The van der Waals surface area contributed by atoms with E-state index in [1.807, 2.05) is 6.92 Å². The lowest BCUT2D eigenvalue weighted by atomic mass is 10.0. The Labute approximate surface area is 136 Å². The van der Waals surface area contributed by atoms with Gasteiger partial charge < -0.3 is 5.32 Å². The van der Waals surface area contributed by atoms with Gasteiger partial charge in [-0.25, -0.2) is 4.98 Å². The van der Waals surface area contributed by atoms with Crippen LogP contribution in [0, 0.1) is 0 Å². The molecule has 0 spiro atoms. The summed E-state index contributed by atoms with van der Waals surface area (Å²) in [5.74, 6) is 1.59. The van der Waals surface area contributed by atoms with Crippen molar-refractivity contribution in [1.29, 1.82) is 0 Å². The summed E-state index contributed by atoms with van der Waals surface area (Å²) in [6.45, 7) is 2.02. The molecule has 1 aliphatic rings. The van der Waals surface area contributed by atoms with Crippen LogP contribution in [0.25, 0.3) is 0 Å². The number of H-pyrrole nitrogens is 1. The van der Waals surface area contributed by atoms with E-state index in [9.17, 15) is 4.79 Å². The van der Waals surface area contributed by atoms with Crippen molar-refractivity contribution in [2.75, 3.05) is 0 Å². The van der Waals surface area contributed by atoms with Crippen LogP contribution in [0.3, 0.4) is 0 Å². The molecule has 1 atom stereocenters. The molecular weight excluding hydrogens is 288 g/mol. The van der Waals surface area contributed by atoms with Crippen LogP contribution in [0.5, 0.6) is 0 Å². The molecule has 1 aromatic carbocycles. The summed E-state index contributed by atoms with van der Waals surface area (Å²) < 4.78 is 0. The van der Waals surface area contributed by atoms with E-state index in [0.29, 0.717) is 6.42 Å². The molecule has 1 fully saturated rings. The first kappa shape index (κ1) is 15.7.